The number of imide groups is 1. The normalized spacial score (nSPS) is 11.7. The van der Waals surface area contributed by atoms with E-state index in [1.165, 1.54) is 18.4 Å². The lowest BCUT2D eigenvalue weighted by atomic mass is 10.1. The van der Waals surface area contributed by atoms with Gasteiger partial charge in [-0.05, 0) is 24.4 Å². The number of nitrogens with one attached hydrogen (secondary N) is 2. The maximum absolute atomic E-state index is 13.4. The van der Waals surface area contributed by atoms with E-state index in [1.807, 2.05) is 17.5 Å². The van der Waals surface area contributed by atoms with Gasteiger partial charge in [-0.25, -0.2) is 14.6 Å². The van der Waals surface area contributed by atoms with Crippen LogP contribution < -0.4 is 10.6 Å². The molecule has 0 aliphatic heterocycles. The van der Waals surface area contributed by atoms with E-state index in [-0.39, 0.29) is 5.56 Å². The Morgan fingerprint density at radius 3 is 2.55 bits per heavy atom. The first-order valence-electron chi connectivity index (χ1n) is 10.1. The number of aromatic nitrogens is 3. The number of hydrogen-bond donors (Lipinski definition) is 2. The molecule has 4 aromatic rings. The van der Waals surface area contributed by atoms with Gasteiger partial charge >= 0.3 is 12.0 Å². The Morgan fingerprint density at radius 2 is 1.88 bits per heavy atom. The zero-order chi connectivity index (χ0) is 23.5. The van der Waals surface area contributed by atoms with Crippen molar-refractivity contribution >= 4 is 40.3 Å². The minimum absolute atomic E-state index is 0.239. The summed E-state index contributed by atoms with van der Waals surface area (Å²) in [6, 6.07) is 13.2. The number of thiophene rings is 1. The van der Waals surface area contributed by atoms with Crippen molar-refractivity contribution in [3.8, 4) is 10.6 Å². The second kappa shape index (κ2) is 9.21. The topological polar surface area (TPSA) is 115 Å². The maximum Gasteiger partial charge on any atom is 0.340 e. The molecule has 0 spiro atoms. The van der Waals surface area contributed by atoms with Gasteiger partial charge in [0.05, 0.1) is 27.2 Å². The molecule has 3 heterocycles. The van der Waals surface area contributed by atoms with Gasteiger partial charge in [-0.1, -0.05) is 36.4 Å². The third-order valence-electron chi connectivity index (χ3n) is 4.99. The van der Waals surface area contributed by atoms with Crippen LogP contribution in [0.5, 0.6) is 0 Å². The number of hydrogen-bond acceptors (Lipinski definition) is 7. The van der Waals surface area contributed by atoms with Gasteiger partial charge < -0.3 is 10.1 Å². The number of carbonyl (C=O) groups is 3. The summed E-state index contributed by atoms with van der Waals surface area (Å²) < 4.78 is 7.28. The molecular weight excluding hydrogens is 442 g/mol. The maximum atomic E-state index is 13.4. The van der Waals surface area contributed by atoms with E-state index in [0.29, 0.717) is 28.0 Å². The predicted octanol–water partition coefficient (Wildman–Crippen LogP) is 3.36. The van der Waals surface area contributed by atoms with Crippen LogP contribution in [0, 0.1) is 6.92 Å². The molecule has 0 aliphatic carbocycles. The lowest BCUT2D eigenvalue weighted by Gasteiger charge is -2.18. The largest absolute Gasteiger partial charge is 0.444 e. The van der Waals surface area contributed by atoms with Crippen LogP contribution in [0.4, 0.5) is 4.79 Å². The van der Waals surface area contributed by atoms with E-state index < -0.39 is 24.0 Å². The molecule has 0 bridgehead atoms. The first kappa shape index (κ1) is 22.2. The highest BCUT2D eigenvalue weighted by atomic mass is 32.1. The Hall–Kier alpha value is -4.05. The van der Waals surface area contributed by atoms with Crippen molar-refractivity contribution in [1.82, 2.24) is 25.4 Å². The summed E-state index contributed by atoms with van der Waals surface area (Å²) in [5, 5.41) is 11.4. The van der Waals surface area contributed by atoms with Crippen LogP contribution in [0.3, 0.4) is 0 Å². The van der Waals surface area contributed by atoms with Gasteiger partial charge in [0, 0.05) is 19.7 Å². The number of benzene rings is 1. The molecule has 168 valence electrons. The smallest absolute Gasteiger partial charge is 0.340 e. The zero-order valence-corrected chi connectivity index (χ0v) is 19.0. The van der Waals surface area contributed by atoms with E-state index in [9.17, 15) is 14.4 Å². The number of amides is 3. The van der Waals surface area contributed by atoms with Crippen LogP contribution in [0.15, 0.2) is 53.9 Å². The van der Waals surface area contributed by atoms with Gasteiger partial charge in [0.25, 0.3) is 5.91 Å². The number of pyridine rings is 1. The van der Waals surface area contributed by atoms with Crippen molar-refractivity contribution in [2.24, 2.45) is 7.05 Å². The summed E-state index contributed by atoms with van der Waals surface area (Å²) in [6.07, 6.45) is -1.33. The summed E-state index contributed by atoms with van der Waals surface area (Å²) >= 11 is 1.49. The minimum atomic E-state index is -1.33. The van der Waals surface area contributed by atoms with Gasteiger partial charge in [-0.2, -0.15) is 5.10 Å². The van der Waals surface area contributed by atoms with E-state index in [0.717, 1.165) is 4.88 Å². The van der Waals surface area contributed by atoms with Crippen LogP contribution in [0.25, 0.3) is 21.6 Å². The molecule has 33 heavy (non-hydrogen) atoms. The Labute approximate surface area is 193 Å². The molecule has 10 heteroatoms. The van der Waals surface area contributed by atoms with E-state index in [1.54, 1.807) is 55.1 Å². The van der Waals surface area contributed by atoms with Crippen molar-refractivity contribution in [1.29, 1.82) is 0 Å². The third-order valence-corrected chi connectivity index (χ3v) is 5.88. The molecule has 9 nitrogen and oxygen atoms in total. The average molecular weight is 464 g/mol. The zero-order valence-electron chi connectivity index (χ0n) is 18.2. The standard InChI is InChI=1S/C23H21N5O4S/c1-13-18-15(12-16(17-10-7-11-33-17)25-20(18)28(3)27-13)22(30)32-19(14-8-5-4-6-9-14)21(29)26-23(31)24-2/h4-12,19H,1-3H3,(H2,24,26,29,31). The van der Waals surface area contributed by atoms with Crippen molar-refractivity contribution in [3.05, 3.63) is 70.7 Å². The highest BCUT2D eigenvalue weighted by Gasteiger charge is 2.29. The Kier molecular flexibility index (Phi) is 6.18. The lowest BCUT2D eigenvalue weighted by molar-refractivity contribution is -0.129. The van der Waals surface area contributed by atoms with Crippen LogP contribution in [0.2, 0.25) is 0 Å². The van der Waals surface area contributed by atoms with E-state index in [2.05, 4.69) is 20.7 Å². The molecule has 1 unspecified atom stereocenters. The van der Waals surface area contributed by atoms with Gasteiger partial charge in [0.15, 0.2) is 5.65 Å². The summed E-state index contributed by atoms with van der Waals surface area (Å²) in [6.45, 7) is 1.78. The molecule has 0 fully saturated rings. The fourth-order valence-electron chi connectivity index (χ4n) is 3.47. The van der Waals surface area contributed by atoms with Crippen LogP contribution in [-0.4, -0.2) is 39.7 Å². The third kappa shape index (κ3) is 4.46. The molecule has 1 aromatic carbocycles. The number of urea groups is 1. The van der Waals surface area contributed by atoms with Gasteiger partial charge in [-0.3, -0.25) is 14.8 Å². The molecule has 2 N–H and O–H groups in total. The summed E-state index contributed by atoms with van der Waals surface area (Å²) in [4.78, 5) is 43.5. The van der Waals surface area contributed by atoms with E-state index >= 15 is 0 Å². The van der Waals surface area contributed by atoms with Gasteiger partial charge in [0.2, 0.25) is 6.10 Å². The number of nitrogens with zero attached hydrogens (tertiary/aromatic N) is 3. The minimum Gasteiger partial charge on any atom is -0.444 e. The average Bonchev–Trinajstić information content (AvgIpc) is 3.45. The molecule has 3 aromatic heterocycles. The summed E-state index contributed by atoms with van der Waals surface area (Å²) in [7, 11) is 3.14. The lowest BCUT2D eigenvalue weighted by Crippen LogP contribution is -2.41. The summed E-state index contributed by atoms with van der Waals surface area (Å²) in [5.41, 5.74) is 2.40. The molecule has 1 atom stereocenters. The molecule has 0 saturated carbocycles. The number of ether oxygens (including phenoxy) is 1. The monoisotopic (exact) mass is 463 g/mol. The molecule has 0 aliphatic rings. The number of fused-ring (bicyclic) bond motifs is 1. The second-order valence-electron chi connectivity index (χ2n) is 7.20. The Balaban J connectivity index is 1.77. The number of esters is 1. The first-order valence-corrected chi connectivity index (χ1v) is 10.9. The molecule has 4 rings (SSSR count). The Morgan fingerprint density at radius 1 is 1.12 bits per heavy atom. The Bertz CT molecular complexity index is 1330. The van der Waals surface area contributed by atoms with Crippen LogP contribution in [-0.2, 0) is 16.6 Å². The fraction of sp³-hybridized carbons (Fsp3) is 0.174. The van der Waals surface area contributed by atoms with Gasteiger partial charge in [-0.15, -0.1) is 11.3 Å². The second-order valence-corrected chi connectivity index (χ2v) is 8.15. The quantitative estimate of drug-likeness (QED) is 0.439. The van der Waals surface area contributed by atoms with E-state index in [4.69, 9.17) is 4.74 Å². The van der Waals surface area contributed by atoms with Crippen molar-refractivity contribution in [2.75, 3.05) is 7.05 Å². The molecule has 0 saturated heterocycles. The molecule has 0 radical (unpaired) electrons. The predicted molar refractivity (Wildman–Crippen MR) is 124 cm³/mol. The van der Waals surface area contributed by atoms with Crippen molar-refractivity contribution in [3.63, 3.8) is 0 Å². The number of aryl methyl sites for hydroxylation is 2. The SMILES string of the molecule is CNC(=O)NC(=O)C(OC(=O)c1cc(-c2cccs2)nc2c1c(C)nn2C)c1ccccc1. The van der Waals surface area contributed by atoms with Crippen LogP contribution in [0.1, 0.15) is 27.7 Å². The fourth-order valence-corrected chi connectivity index (χ4v) is 4.15. The summed E-state index contributed by atoms with van der Waals surface area (Å²) in [5.74, 6) is -1.49. The van der Waals surface area contributed by atoms with Crippen LogP contribution >= 0.6 is 11.3 Å². The van der Waals surface area contributed by atoms with Gasteiger partial charge in [0.1, 0.15) is 0 Å². The first-order chi connectivity index (χ1) is 15.9. The number of rotatable bonds is 5. The van der Waals surface area contributed by atoms with Crippen molar-refractivity contribution in [2.45, 2.75) is 13.0 Å². The molecular formula is C23H21N5O4S. The number of carbonyl (C=O) groups excluding carboxylic acids is 3. The highest BCUT2D eigenvalue weighted by Crippen LogP contribution is 2.31. The highest BCUT2D eigenvalue weighted by molar-refractivity contribution is 7.13. The molecule has 3 amide bonds. The van der Waals surface area contributed by atoms with Crippen molar-refractivity contribution < 1.29 is 19.1 Å².